The molecular weight excluding hydrogens is 815 g/mol. The van der Waals surface area contributed by atoms with Gasteiger partial charge in [0.05, 0.1) is 25.4 Å². The number of carbonyl (C=O) groups excluding carboxylic acids is 2. The standard InChI is InChI=1S/C60H117NO5/c1-3-5-7-9-11-13-15-17-19-21-23-25-30-34-38-42-46-50-54-60(65)66-55-51-47-43-39-35-31-27-26-29-33-37-41-45-49-53-59(64)61-57(56-62)58(63)52-48-44-40-36-32-28-24-22-20-18-16-14-12-10-8-6-4-2/h19,21,57-58,62-63H,3-18,20,22-56H2,1-2H3,(H,61,64)/b21-19-. The largest absolute Gasteiger partial charge is 0.466 e. The minimum atomic E-state index is -0.671. The Morgan fingerprint density at radius 2 is 0.712 bits per heavy atom. The van der Waals surface area contributed by atoms with Gasteiger partial charge in [-0.3, -0.25) is 9.59 Å². The monoisotopic (exact) mass is 932 g/mol. The number of carbonyl (C=O) groups is 2. The molecule has 0 saturated carbocycles. The number of unbranched alkanes of at least 4 members (excludes halogenated alkanes) is 43. The van der Waals surface area contributed by atoms with Crippen LogP contribution in [-0.4, -0.2) is 47.4 Å². The van der Waals surface area contributed by atoms with Crippen molar-refractivity contribution < 1.29 is 24.5 Å². The van der Waals surface area contributed by atoms with E-state index < -0.39 is 12.1 Å². The number of amides is 1. The Hall–Kier alpha value is -1.40. The summed E-state index contributed by atoms with van der Waals surface area (Å²) in [5.41, 5.74) is 0. The van der Waals surface area contributed by atoms with Crippen LogP contribution >= 0.6 is 0 Å². The third kappa shape index (κ3) is 52.0. The number of nitrogens with one attached hydrogen (secondary N) is 1. The van der Waals surface area contributed by atoms with Crippen molar-refractivity contribution >= 4 is 11.9 Å². The maximum Gasteiger partial charge on any atom is 0.305 e. The molecule has 1 amide bonds. The van der Waals surface area contributed by atoms with E-state index in [1.807, 2.05) is 0 Å². The molecule has 0 heterocycles. The lowest BCUT2D eigenvalue weighted by Gasteiger charge is -2.22. The second-order valence-electron chi connectivity index (χ2n) is 20.7. The highest BCUT2D eigenvalue weighted by Crippen LogP contribution is 2.18. The maximum absolute atomic E-state index is 12.5. The molecule has 2 atom stereocenters. The number of aliphatic hydroxyl groups excluding tert-OH is 2. The summed E-state index contributed by atoms with van der Waals surface area (Å²) in [7, 11) is 0. The first-order chi connectivity index (χ1) is 32.5. The zero-order chi connectivity index (χ0) is 47.9. The van der Waals surface area contributed by atoms with Crippen molar-refractivity contribution in [2.24, 2.45) is 0 Å². The zero-order valence-electron chi connectivity index (χ0n) is 44.7. The van der Waals surface area contributed by atoms with E-state index in [-0.39, 0.29) is 18.5 Å². The third-order valence-corrected chi connectivity index (χ3v) is 14.1. The van der Waals surface area contributed by atoms with Crippen molar-refractivity contribution in [1.82, 2.24) is 5.32 Å². The van der Waals surface area contributed by atoms with E-state index in [1.165, 1.54) is 250 Å². The van der Waals surface area contributed by atoms with Crippen molar-refractivity contribution in [3.8, 4) is 0 Å². The summed E-state index contributed by atoms with van der Waals surface area (Å²) in [6.07, 6.45) is 66.3. The van der Waals surface area contributed by atoms with Crippen LogP contribution in [0.2, 0.25) is 0 Å². The van der Waals surface area contributed by atoms with E-state index in [0.29, 0.717) is 25.9 Å². The Labute approximate surface area is 412 Å². The first-order valence-corrected chi connectivity index (χ1v) is 29.9. The van der Waals surface area contributed by atoms with Gasteiger partial charge in [-0.25, -0.2) is 0 Å². The molecule has 0 saturated heterocycles. The Bertz CT molecular complexity index is 986. The van der Waals surface area contributed by atoms with Crippen LogP contribution in [0.4, 0.5) is 0 Å². The van der Waals surface area contributed by atoms with Crippen LogP contribution in [0, 0.1) is 0 Å². The van der Waals surface area contributed by atoms with Gasteiger partial charge in [-0.2, -0.15) is 0 Å². The second kappa shape index (κ2) is 56.2. The second-order valence-corrected chi connectivity index (χ2v) is 20.7. The molecule has 66 heavy (non-hydrogen) atoms. The number of ether oxygens (including phenoxy) is 1. The van der Waals surface area contributed by atoms with Gasteiger partial charge in [-0.15, -0.1) is 0 Å². The predicted octanol–water partition coefficient (Wildman–Crippen LogP) is 18.5. The number of allylic oxidation sites excluding steroid dienone is 2. The van der Waals surface area contributed by atoms with Crippen LogP contribution in [0.3, 0.4) is 0 Å². The highest BCUT2D eigenvalue weighted by Gasteiger charge is 2.20. The fraction of sp³-hybridized carbons (Fsp3) is 0.933. The lowest BCUT2D eigenvalue weighted by molar-refractivity contribution is -0.143. The normalized spacial score (nSPS) is 12.6. The summed E-state index contributed by atoms with van der Waals surface area (Å²) in [4.78, 5) is 24.6. The average molecular weight is 933 g/mol. The highest BCUT2D eigenvalue weighted by molar-refractivity contribution is 5.76. The Morgan fingerprint density at radius 3 is 1.08 bits per heavy atom. The summed E-state index contributed by atoms with van der Waals surface area (Å²) < 4.78 is 5.49. The number of hydrogen-bond donors (Lipinski definition) is 3. The molecule has 0 spiro atoms. The molecule has 0 aromatic heterocycles. The molecular formula is C60H117NO5. The predicted molar refractivity (Wildman–Crippen MR) is 287 cm³/mol. The van der Waals surface area contributed by atoms with E-state index >= 15 is 0 Å². The maximum atomic E-state index is 12.5. The molecule has 0 radical (unpaired) electrons. The van der Waals surface area contributed by atoms with Gasteiger partial charge in [0.15, 0.2) is 0 Å². The summed E-state index contributed by atoms with van der Waals surface area (Å²) in [5.74, 6) is -0.0468. The summed E-state index contributed by atoms with van der Waals surface area (Å²) >= 11 is 0. The fourth-order valence-electron chi connectivity index (χ4n) is 9.46. The number of esters is 1. The summed E-state index contributed by atoms with van der Waals surface area (Å²) in [6, 6.07) is -0.549. The molecule has 0 aliphatic rings. The summed E-state index contributed by atoms with van der Waals surface area (Å²) in [6.45, 7) is 4.95. The Morgan fingerprint density at radius 1 is 0.409 bits per heavy atom. The molecule has 0 fully saturated rings. The van der Waals surface area contributed by atoms with Gasteiger partial charge in [0.25, 0.3) is 0 Å². The van der Waals surface area contributed by atoms with Crippen LogP contribution in [0.5, 0.6) is 0 Å². The van der Waals surface area contributed by atoms with E-state index in [0.717, 1.165) is 51.4 Å². The van der Waals surface area contributed by atoms with Gasteiger partial charge in [0, 0.05) is 12.8 Å². The molecule has 3 N–H and O–H groups in total. The van der Waals surface area contributed by atoms with Crippen LogP contribution in [0.25, 0.3) is 0 Å². The average Bonchev–Trinajstić information content (AvgIpc) is 3.32. The van der Waals surface area contributed by atoms with Crippen LogP contribution in [0.1, 0.15) is 335 Å². The first kappa shape index (κ1) is 64.6. The number of aliphatic hydroxyl groups is 2. The molecule has 0 rings (SSSR count). The van der Waals surface area contributed by atoms with Gasteiger partial charge >= 0.3 is 5.97 Å². The summed E-state index contributed by atoms with van der Waals surface area (Å²) in [5, 5.41) is 23.3. The molecule has 6 nitrogen and oxygen atoms in total. The van der Waals surface area contributed by atoms with Gasteiger partial charge in [0.2, 0.25) is 5.91 Å². The molecule has 0 bridgehead atoms. The zero-order valence-corrected chi connectivity index (χ0v) is 44.7. The van der Waals surface area contributed by atoms with Crippen LogP contribution in [0.15, 0.2) is 12.2 Å². The molecule has 0 aliphatic carbocycles. The first-order valence-electron chi connectivity index (χ1n) is 29.9. The van der Waals surface area contributed by atoms with Gasteiger partial charge in [-0.1, -0.05) is 283 Å². The quantitative estimate of drug-likeness (QED) is 0.0321. The highest BCUT2D eigenvalue weighted by atomic mass is 16.5. The molecule has 6 heteroatoms. The smallest absolute Gasteiger partial charge is 0.305 e. The van der Waals surface area contributed by atoms with Crippen molar-refractivity contribution in [2.75, 3.05) is 13.2 Å². The third-order valence-electron chi connectivity index (χ3n) is 14.1. The minimum absolute atomic E-state index is 0.00410. The number of hydrogen-bond acceptors (Lipinski definition) is 5. The van der Waals surface area contributed by atoms with Gasteiger partial charge in [0.1, 0.15) is 0 Å². The Kier molecular flexibility index (Phi) is 55.0. The SMILES string of the molecule is CCCCCCCCC/C=C\CCCCCCCCCC(=O)OCCCCCCCCCCCCCCCCC(=O)NC(CO)C(O)CCCCCCCCCCCCCCCCCCC. The lowest BCUT2D eigenvalue weighted by atomic mass is 10.0. The van der Waals surface area contributed by atoms with E-state index in [2.05, 4.69) is 31.3 Å². The molecule has 2 unspecified atom stereocenters. The number of rotatable bonds is 56. The molecule has 392 valence electrons. The molecule has 0 aliphatic heterocycles. The van der Waals surface area contributed by atoms with Crippen molar-refractivity contribution in [1.29, 1.82) is 0 Å². The molecule has 0 aromatic rings. The minimum Gasteiger partial charge on any atom is -0.466 e. The van der Waals surface area contributed by atoms with Crippen molar-refractivity contribution in [2.45, 2.75) is 347 Å². The van der Waals surface area contributed by atoms with Gasteiger partial charge < -0.3 is 20.3 Å². The fourth-order valence-corrected chi connectivity index (χ4v) is 9.46. The van der Waals surface area contributed by atoms with Crippen molar-refractivity contribution in [3.63, 3.8) is 0 Å². The van der Waals surface area contributed by atoms with E-state index in [9.17, 15) is 19.8 Å². The van der Waals surface area contributed by atoms with E-state index in [4.69, 9.17) is 4.74 Å². The van der Waals surface area contributed by atoms with E-state index in [1.54, 1.807) is 0 Å². The molecule has 0 aromatic carbocycles. The van der Waals surface area contributed by atoms with Crippen LogP contribution in [-0.2, 0) is 14.3 Å². The van der Waals surface area contributed by atoms with Crippen LogP contribution < -0.4 is 5.32 Å². The van der Waals surface area contributed by atoms with Crippen molar-refractivity contribution in [3.05, 3.63) is 12.2 Å². The topological polar surface area (TPSA) is 95.9 Å². The lowest BCUT2D eigenvalue weighted by Crippen LogP contribution is -2.45. The van der Waals surface area contributed by atoms with Gasteiger partial charge in [-0.05, 0) is 51.4 Å². The Balaban J connectivity index is 3.42.